The summed E-state index contributed by atoms with van der Waals surface area (Å²) in [5.74, 6) is 0.0731. The molecule has 2 heterocycles. The Labute approximate surface area is 171 Å². The second-order valence-electron chi connectivity index (χ2n) is 7.91. The molecule has 3 aromatic rings. The second-order valence-corrected chi connectivity index (χ2v) is 7.91. The monoisotopic (exact) mass is 392 g/mol. The summed E-state index contributed by atoms with van der Waals surface area (Å²) in [5, 5.41) is 5.87. The molecule has 2 N–H and O–H groups in total. The number of nitrogens with zero attached hydrogens (tertiary/aromatic N) is 2. The number of fused-ring (bicyclic) bond motifs is 1. The molecule has 0 radical (unpaired) electrons. The molecule has 0 bridgehead atoms. The quantitative estimate of drug-likeness (QED) is 0.657. The van der Waals surface area contributed by atoms with Gasteiger partial charge in [0.15, 0.2) is 5.69 Å². The Morgan fingerprint density at radius 2 is 1.76 bits per heavy atom. The minimum atomic E-state index is -0.345. The SMILES string of the molecule is Cc1cc(C)c(NC(=O)c2nc(C(=O)NCCC(C)C)c3ccccn23)c(C)c1. The molecule has 6 nitrogen and oxygen atoms in total. The molecule has 0 aliphatic carbocycles. The van der Waals surface area contributed by atoms with E-state index in [1.54, 1.807) is 16.7 Å². The van der Waals surface area contributed by atoms with Gasteiger partial charge < -0.3 is 10.6 Å². The van der Waals surface area contributed by atoms with Gasteiger partial charge in [0.05, 0.1) is 5.52 Å². The second kappa shape index (κ2) is 8.47. The molecule has 0 atom stereocenters. The molecule has 0 spiro atoms. The van der Waals surface area contributed by atoms with E-state index in [1.165, 1.54) is 0 Å². The van der Waals surface area contributed by atoms with Crippen molar-refractivity contribution in [2.45, 2.75) is 41.0 Å². The lowest BCUT2D eigenvalue weighted by Crippen LogP contribution is -2.26. The van der Waals surface area contributed by atoms with Crippen molar-refractivity contribution < 1.29 is 9.59 Å². The predicted octanol–water partition coefficient (Wildman–Crippen LogP) is 4.29. The first-order valence-electron chi connectivity index (χ1n) is 9.92. The van der Waals surface area contributed by atoms with E-state index in [1.807, 2.05) is 45.0 Å². The summed E-state index contributed by atoms with van der Waals surface area (Å²) in [7, 11) is 0. The van der Waals surface area contributed by atoms with Crippen LogP contribution in [0.1, 0.15) is 58.1 Å². The Morgan fingerprint density at radius 1 is 1.07 bits per heavy atom. The molecule has 6 heteroatoms. The van der Waals surface area contributed by atoms with Gasteiger partial charge in [0.25, 0.3) is 11.8 Å². The van der Waals surface area contributed by atoms with E-state index in [0.29, 0.717) is 18.0 Å². The minimum Gasteiger partial charge on any atom is -0.351 e. The Hall–Kier alpha value is -3.15. The van der Waals surface area contributed by atoms with Crippen molar-refractivity contribution in [2.24, 2.45) is 5.92 Å². The lowest BCUT2D eigenvalue weighted by atomic mass is 10.1. The van der Waals surface area contributed by atoms with Crippen LogP contribution in [-0.2, 0) is 0 Å². The van der Waals surface area contributed by atoms with Crippen molar-refractivity contribution in [2.75, 3.05) is 11.9 Å². The van der Waals surface area contributed by atoms with Crippen LogP contribution in [0.15, 0.2) is 36.5 Å². The van der Waals surface area contributed by atoms with Crippen molar-refractivity contribution in [1.29, 1.82) is 0 Å². The highest BCUT2D eigenvalue weighted by Gasteiger charge is 2.22. The Bertz CT molecular complexity index is 1040. The summed E-state index contributed by atoms with van der Waals surface area (Å²) in [6.45, 7) is 10.7. The van der Waals surface area contributed by atoms with Crippen LogP contribution in [0.25, 0.3) is 5.52 Å². The number of hydrogen-bond acceptors (Lipinski definition) is 3. The average molecular weight is 393 g/mol. The summed E-state index contributed by atoms with van der Waals surface area (Å²) < 4.78 is 1.66. The van der Waals surface area contributed by atoms with Crippen LogP contribution in [0.4, 0.5) is 5.69 Å². The summed E-state index contributed by atoms with van der Waals surface area (Å²) in [6.07, 6.45) is 2.63. The number of amides is 2. The summed E-state index contributed by atoms with van der Waals surface area (Å²) in [6, 6.07) is 9.50. The van der Waals surface area contributed by atoms with Crippen LogP contribution in [0.5, 0.6) is 0 Å². The van der Waals surface area contributed by atoms with E-state index in [2.05, 4.69) is 29.5 Å². The van der Waals surface area contributed by atoms with Crippen LogP contribution >= 0.6 is 0 Å². The zero-order chi connectivity index (χ0) is 21.1. The number of nitrogens with one attached hydrogen (secondary N) is 2. The van der Waals surface area contributed by atoms with Gasteiger partial charge in [-0.1, -0.05) is 37.6 Å². The van der Waals surface area contributed by atoms with E-state index in [9.17, 15) is 9.59 Å². The first-order chi connectivity index (χ1) is 13.8. The van der Waals surface area contributed by atoms with Crippen LogP contribution < -0.4 is 10.6 Å². The number of imidazole rings is 1. The van der Waals surface area contributed by atoms with E-state index < -0.39 is 0 Å². The van der Waals surface area contributed by atoms with Gasteiger partial charge in [0, 0.05) is 18.4 Å². The number of anilines is 1. The van der Waals surface area contributed by atoms with Gasteiger partial charge in [-0.2, -0.15) is 0 Å². The highest BCUT2D eigenvalue weighted by Crippen LogP contribution is 2.23. The highest BCUT2D eigenvalue weighted by molar-refractivity contribution is 6.06. The lowest BCUT2D eigenvalue weighted by Gasteiger charge is -2.12. The molecular formula is C23H28N4O2. The number of carbonyl (C=O) groups excluding carboxylic acids is 2. The number of aryl methyl sites for hydroxylation is 3. The van der Waals surface area contributed by atoms with E-state index >= 15 is 0 Å². The predicted molar refractivity (Wildman–Crippen MR) is 116 cm³/mol. The third-order valence-corrected chi connectivity index (χ3v) is 4.89. The third-order valence-electron chi connectivity index (χ3n) is 4.89. The van der Waals surface area contributed by atoms with Crippen molar-refractivity contribution in [3.8, 4) is 0 Å². The normalized spacial score (nSPS) is 11.1. The van der Waals surface area contributed by atoms with Gasteiger partial charge in [0.2, 0.25) is 5.82 Å². The van der Waals surface area contributed by atoms with Crippen molar-refractivity contribution in [1.82, 2.24) is 14.7 Å². The van der Waals surface area contributed by atoms with E-state index in [4.69, 9.17) is 0 Å². The molecule has 0 saturated carbocycles. The smallest absolute Gasteiger partial charge is 0.292 e. The van der Waals surface area contributed by atoms with E-state index in [-0.39, 0.29) is 23.3 Å². The van der Waals surface area contributed by atoms with Crippen LogP contribution in [0.3, 0.4) is 0 Å². The molecule has 0 saturated heterocycles. The first kappa shape index (κ1) is 20.6. The maximum Gasteiger partial charge on any atom is 0.292 e. The molecule has 152 valence electrons. The Balaban J connectivity index is 1.92. The van der Waals surface area contributed by atoms with Gasteiger partial charge in [-0.15, -0.1) is 0 Å². The summed E-state index contributed by atoms with van der Waals surface area (Å²) in [5.41, 5.74) is 4.77. The standard InChI is InChI=1S/C23H28N4O2/c1-14(2)9-10-24-22(28)20-18-8-6-7-11-27(18)21(25-20)23(29)26-19-16(4)12-15(3)13-17(19)5/h6-8,11-14H,9-10H2,1-5H3,(H,24,28)(H,26,29). The average Bonchev–Trinajstić information content (AvgIpc) is 3.04. The number of benzene rings is 1. The fraction of sp³-hybridized carbons (Fsp3) is 0.348. The number of carbonyl (C=O) groups is 2. The van der Waals surface area contributed by atoms with Gasteiger partial charge >= 0.3 is 0 Å². The molecular weight excluding hydrogens is 364 g/mol. The fourth-order valence-corrected chi connectivity index (χ4v) is 3.47. The molecule has 1 aromatic carbocycles. The fourth-order valence-electron chi connectivity index (χ4n) is 3.47. The van der Waals surface area contributed by atoms with E-state index in [0.717, 1.165) is 28.8 Å². The lowest BCUT2D eigenvalue weighted by molar-refractivity contribution is 0.0949. The minimum absolute atomic E-state index is 0.189. The highest BCUT2D eigenvalue weighted by atomic mass is 16.2. The van der Waals surface area contributed by atoms with Crippen molar-refractivity contribution in [3.63, 3.8) is 0 Å². The largest absolute Gasteiger partial charge is 0.351 e. The number of hydrogen-bond donors (Lipinski definition) is 2. The zero-order valence-electron chi connectivity index (χ0n) is 17.7. The summed E-state index contributed by atoms with van der Waals surface area (Å²) >= 11 is 0. The number of pyridine rings is 1. The van der Waals surface area contributed by atoms with Crippen LogP contribution in [0.2, 0.25) is 0 Å². The third kappa shape index (κ3) is 4.47. The van der Waals surface area contributed by atoms with Gasteiger partial charge in [-0.25, -0.2) is 4.98 Å². The summed E-state index contributed by atoms with van der Waals surface area (Å²) in [4.78, 5) is 30.1. The zero-order valence-corrected chi connectivity index (χ0v) is 17.7. The first-order valence-corrected chi connectivity index (χ1v) is 9.92. The molecule has 0 fully saturated rings. The molecule has 0 aliphatic rings. The van der Waals surface area contributed by atoms with Crippen molar-refractivity contribution in [3.05, 3.63) is 64.7 Å². The Morgan fingerprint density at radius 3 is 2.41 bits per heavy atom. The molecule has 0 unspecified atom stereocenters. The maximum absolute atomic E-state index is 13.0. The van der Waals surface area contributed by atoms with Gasteiger partial charge in [-0.3, -0.25) is 14.0 Å². The molecule has 2 aromatic heterocycles. The van der Waals surface area contributed by atoms with Gasteiger partial charge in [-0.05, 0) is 56.4 Å². The Kier molecular flexibility index (Phi) is 6.01. The van der Waals surface area contributed by atoms with Crippen molar-refractivity contribution >= 4 is 23.0 Å². The maximum atomic E-state index is 13.0. The topological polar surface area (TPSA) is 75.5 Å². The molecule has 3 rings (SSSR count). The molecule has 2 amide bonds. The number of aromatic nitrogens is 2. The van der Waals surface area contributed by atoms with Crippen LogP contribution in [-0.4, -0.2) is 27.7 Å². The molecule has 29 heavy (non-hydrogen) atoms. The number of rotatable bonds is 6. The van der Waals surface area contributed by atoms with Crippen LogP contribution in [0, 0.1) is 26.7 Å². The molecule has 0 aliphatic heterocycles. The van der Waals surface area contributed by atoms with Gasteiger partial charge in [0.1, 0.15) is 0 Å².